The van der Waals surface area contributed by atoms with E-state index in [4.69, 9.17) is 18.9 Å². The van der Waals surface area contributed by atoms with Crippen molar-refractivity contribution in [2.75, 3.05) is 33.5 Å². The van der Waals surface area contributed by atoms with Crippen molar-refractivity contribution in [3.8, 4) is 0 Å². The maximum atomic E-state index is 11.4. The predicted octanol–water partition coefficient (Wildman–Crippen LogP) is 1.60. The first-order valence-electron chi connectivity index (χ1n) is 6.21. The molecule has 1 aliphatic rings. The second-order valence-electron chi connectivity index (χ2n) is 5.78. The van der Waals surface area contributed by atoms with Crippen molar-refractivity contribution in [2.24, 2.45) is 11.3 Å². The lowest BCUT2D eigenvalue weighted by Crippen LogP contribution is -2.41. The summed E-state index contributed by atoms with van der Waals surface area (Å²) < 4.78 is 21.4. The highest BCUT2D eigenvalue weighted by Gasteiger charge is 2.31. The zero-order chi connectivity index (χ0) is 13.8. The van der Waals surface area contributed by atoms with Gasteiger partial charge in [-0.1, -0.05) is 0 Å². The maximum Gasteiger partial charge on any atom is 0.313 e. The largest absolute Gasteiger partial charge is 0.469 e. The second-order valence-corrected chi connectivity index (χ2v) is 5.78. The van der Waals surface area contributed by atoms with Crippen molar-refractivity contribution in [1.29, 1.82) is 0 Å². The summed E-state index contributed by atoms with van der Waals surface area (Å²) in [6, 6.07) is 0. The molecule has 0 aromatic rings. The molecule has 5 heteroatoms. The summed E-state index contributed by atoms with van der Waals surface area (Å²) >= 11 is 0. The van der Waals surface area contributed by atoms with E-state index in [9.17, 15) is 4.79 Å². The topological polar surface area (TPSA) is 54.0 Å². The zero-order valence-electron chi connectivity index (χ0n) is 11.9. The Morgan fingerprint density at radius 1 is 1.33 bits per heavy atom. The molecule has 1 fully saturated rings. The van der Waals surface area contributed by atoms with Crippen LogP contribution in [0.25, 0.3) is 0 Å². The van der Waals surface area contributed by atoms with E-state index in [1.165, 1.54) is 7.11 Å². The summed E-state index contributed by atoms with van der Waals surface area (Å²) in [4.78, 5) is 11.4. The third-order valence-electron chi connectivity index (χ3n) is 2.89. The van der Waals surface area contributed by atoms with Gasteiger partial charge < -0.3 is 18.9 Å². The summed E-state index contributed by atoms with van der Waals surface area (Å²) in [7, 11) is 1.38. The summed E-state index contributed by atoms with van der Waals surface area (Å²) in [5, 5.41) is 0. The first-order chi connectivity index (χ1) is 8.27. The van der Waals surface area contributed by atoms with Crippen LogP contribution in [0.15, 0.2) is 0 Å². The average Bonchev–Trinajstić information content (AvgIpc) is 2.30. The Morgan fingerprint density at radius 2 is 1.89 bits per heavy atom. The van der Waals surface area contributed by atoms with E-state index in [0.717, 1.165) is 0 Å². The standard InChI is InChI=1S/C13H24O5/c1-12(2,11(14)15-5)9-16-6-10-7-17-13(3,4)18-8-10/h10H,6-9H2,1-5H3. The van der Waals surface area contributed by atoms with E-state index in [2.05, 4.69) is 0 Å². The van der Waals surface area contributed by atoms with E-state index >= 15 is 0 Å². The molecule has 0 unspecified atom stereocenters. The van der Waals surface area contributed by atoms with Gasteiger partial charge in [-0.25, -0.2) is 0 Å². The average molecular weight is 260 g/mol. The Balaban J connectivity index is 2.25. The number of methoxy groups -OCH3 is 1. The number of ether oxygens (including phenoxy) is 4. The van der Waals surface area contributed by atoms with E-state index in [0.29, 0.717) is 26.4 Å². The minimum atomic E-state index is -0.621. The van der Waals surface area contributed by atoms with Crippen LogP contribution in [0.2, 0.25) is 0 Å². The van der Waals surface area contributed by atoms with Crippen molar-refractivity contribution < 1.29 is 23.7 Å². The quantitative estimate of drug-likeness (QED) is 0.703. The molecular weight excluding hydrogens is 236 g/mol. The first kappa shape index (κ1) is 15.4. The summed E-state index contributed by atoms with van der Waals surface area (Å²) in [6.45, 7) is 9.48. The molecule has 0 atom stereocenters. The molecule has 0 aromatic heterocycles. The highest BCUT2D eigenvalue weighted by molar-refractivity contribution is 5.75. The molecule has 5 nitrogen and oxygen atoms in total. The van der Waals surface area contributed by atoms with Gasteiger partial charge in [0.1, 0.15) is 0 Å². The smallest absolute Gasteiger partial charge is 0.313 e. The molecule has 0 radical (unpaired) electrons. The van der Waals surface area contributed by atoms with Crippen LogP contribution in [0, 0.1) is 11.3 Å². The van der Waals surface area contributed by atoms with E-state index in [1.54, 1.807) is 13.8 Å². The fourth-order valence-corrected chi connectivity index (χ4v) is 1.64. The molecule has 0 bridgehead atoms. The number of carbonyl (C=O) groups is 1. The Bertz CT molecular complexity index is 275. The minimum absolute atomic E-state index is 0.214. The summed E-state index contributed by atoms with van der Waals surface area (Å²) in [5.41, 5.74) is -0.621. The van der Waals surface area contributed by atoms with E-state index in [-0.39, 0.29) is 11.9 Å². The van der Waals surface area contributed by atoms with Crippen LogP contribution in [0.3, 0.4) is 0 Å². The lowest BCUT2D eigenvalue weighted by atomic mass is 9.95. The number of carbonyl (C=O) groups excluding carboxylic acids is 1. The van der Waals surface area contributed by atoms with Crippen molar-refractivity contribution in [3.05, 3.63) is 0 Å². The normalized spacial score (nSPS) is 20.7. The van der Waals surface area contributed by atoms with Gasteiger partial charge in [0.15, 0.2) is 5.79 Å². The van der Waals surface area contributed by atoms with Crippen LogP contribution >= 0.6 is 0 Å². The highest BCUT2D eigenvalue weighted by atomic mass is 16.7. The molecule has 106 valence electrons. The molecule has 0 amide bonds. The fourth-order valence-electron chi connectivity index (χ4n) is 1.64. The Hall–Kier alpha value is -0.650. The number of rotatable bonds is 5. The zero-order valence-corrected chi connectivity index (χ0v) is 11.9. The van der Waals surface area contributed by atoms with Gasteiger partial charge in [-0.05, 0) is 27.7 Å². The van der Waals surface area contributed by atoms with E-state index < -0.39 is 11.2 Å². The Kier molecular flexibility index (Phi) is 5.13. The molecular formula is C13H24O5. The third kappa shape index (κ3) is 4.55. The fraction of sp³-hybridized carbons (Fsp3) is 0.923. The molecule has 0 N–H and O–H groups in total. The van der Waals surface area contributed by atoms with Gasteiger partial charge in [-0.15, -0.1) is 0 Å². The summed E-state index contributed by atoms with van der Waals surface area (Å²) in [5.74, 6) is -0.548. The van der Waals surface area contributed by atoms with Gasteiger partial charge >= 0.3 is 5.97 Å². The SMILES string of the molecule is COC(=O)C(C)(C)COCC1COC(C)(C)OC1. The van der Waals surface area contributed by atoms with Gasteiger partial charge in [0.2, 0.25) is 0 Å². The van der Waals surface area contributed by atoms with Crippen molar-refractivity contribution in [1.82, 2.24) is 0 Å². The van der Waals surface area contributed by atoms with Crippen LogP contribution in [0.1, 0.15) is 27.7 Å². The molecule has 0 saturated carbocycles. The molecule has 18 heavy (non-hydrogen) atoms. The predicted molar refractivity (Wildman–Crippen MR) is 66.1 cm³/mol. The molecule has 0 aliphatic carbocycles. The van der Waals surface area contributed by atoms with Crippen LogP contribution < -0.4 is 0 Å². The van der Waals surface area contributed by atoms with Gasteiger partial charge in [-0.3, -0.25) is 4.79 Å². The first-order valence-corrected chi connectivity index (χ1v) is 6.21. The highest BCUT2D eigenvalue weighted by Crippen LogP contribution is 2.22. The lowest BCUT2D eigenvalue weighted by molar-refractivity contribution is -0.266. The van der Waals surface area contributed by atoms with Gasteiger partial charge in [-0.2, -0.15) is 0 Å². The van der Waals surface area contributed by atoms with E-state index in [1.807, 2.05) is 13.8 Å². The van der Waals surface area contributed by atoms with Crippen molar-refractivity contribution in [2.45, 2.75) is 33.5 Å². The van der Waals surface area contributed by atoms with Gasteiger partial charge in [0.05, 0.1) is 39.0 Å². The molecule has 0 spiro atoms. The molecule has 1 aliphatic heterocycles. The molecule has 1 heterocycles. The number of hydrogen-bond donors (Lipinski definition) is 0. The third-order valence-corrected chi connectivity index (χ3v) is 2.89. The monoisotopic (exact) mass is 260 g/mol. The Morgan fingerprint density at radius 3 is 2.39 bits per heavy atom. The Labute approximate surface area is 109 Å². The number of hydrogen-bond acceptors (Lipinski definition) is 5. The van der Waals surface area contributed by atoms with Crippen LogP contribution in [0.4, 0.5) is 0 Å². The minimum Gasteiger partial charge on any atom is -0.469 e. The molecule has 0 aromatic carbocycles. The van der Waals surface area contributed by atoms with Crippen LogP contribution in [0.5, 0.6) is 0 Å². The second kappa shape index (κ2) is 5.99. The van der Waals surface area contributed by atoms with Crippen molar-refractivity contribution in [3.63, 3.8) is 0 Å². The molecule has 1 rings (SSSR count). The summed E-state index contributed by atoms with van der Waals surface area (Å²) in [6.07, 6.45) is 0. The lowest BCUT2D eigenvalue weighted by Gasteiger charge is -2.35. The van der Waals surface area contributed by atoms with Crippen molar-refractivity contribution >= 4 is 5.97 Å². The number of esters is 1. The van der Waals surface area contributed by atoms with Crippen LogP contribution in [-0.4, -0.2) is 45.3 Å². The van der Waals surface area contributed by atoms with Crippen LogP contribution in [-0.2, 0) is 23.7 Å². The maximum absolute atomic E-state index is 11.4. The van der Waals surface area contributed by atoms with Gasteiger partial charge in [0, 0.05) is 5.92 Å². The van der Waals surface area contributed by atoms with Gasteiger partial charge in [0.25, 0.3) is 0 Å². The molecule has 1 saturated heterocycles.